The molecule has 124 valence electrons. The number of amides is 2. The molecule has 0 saturated heterocycles. The molecule has 2 amide bonds. The lowest BCUT2D eigenvalue weighted by atomic mass is 9.95. The molecule has 23 heavy (non-hydrogen) atoms. The average Bonchev–Trinajstić information content (AvgIpc) is 2.91. The number of rotatable bonds is 5. The highest BCUT2D eigenvalue weighted by molar-refractivity contribution is 6.34. The minimum absolute atomic E-state index is 0.0456. The first kappa shape index (κ1) is 17.3. The first-order valence-electron chi connectivity index (χ1n) is 7.32. The van der Waals surface area contributed by atoms with Gasteiger partial charge in [0.15, 0.2) is 0 Å². The molecule has 1 aliphatic rings. The molecule has 1 heterocycles. The maximum Gasteiger partial charge on any atom is 0.267 e. The molecule has 0 aliphatic carbocycles. The van der Waals surface area contributed by atoms with E-state index in [4.69, 9.17) is 16.4 Å². The highest BCUT2D eigenvalue weighted by atomic mass is 35.5. The van der Waals surface area contributed by atoms with Crippen molar-refractivity contribution in [2.75, 3.05) is 20.6 Å². The van der Waals surface area contributed by atoms with Crippen LogP contribution in [0, 0.1) is 0 Å². The number of benzene rings is 1. The zero-order valence-corrected chi connectivity index (χ0v) is 14.2. The summed E-state index contributed by atoms with van der Waals surface area (Å²) in [6.07, 6.45) is 0.567. The van der Waals surface area contributed by atoms with Gasteiger partial charge in [-0.15, -0.1) is 0 Å². The first-order valence-corrected chi connectivity index (χ1v) is 7.70. The molecular weight excluding hydrogens is 318 g/mol. The Bertz CT molecular complexity index is 645. The van der Waals surface area contributed by atoms with Gasteiger partial charge in [0, 0.05) is 44.1 Å². The number of hydrogen-bond donors (Lipinski definition) is 1. The van der Waals surface area contributed by atoms with Crippen LogP contribution in [0.2, 0.25) is 5.02 Å². The van der Waals surface area contributed by atoms with Gasteiger partial charge in [-0.3, -0.25) is 9.59 Å². The van der Waals surface area contributed by atoms with Gasteiger partial charge in [0.25, 0.3) is 5.91 Å². The largest absolute Gasteiger partial charge is 0.379 e. The van der Waals surface area contributed by atoms with Crippen LogP contribution in [0.3, 0.4) is 0 Å². The lowest BCUT2D eigenvalue weighted by molar-refractivity contribution is -0.141. The van der Waals surface area contributed by atoms with Crippen molar-refractivity contribution in [2.45, 2.75) is 25.4 Å². The monoisotopic (exact) mass is 337 g/mol. The fourth-order valence-electron chi connectivity index (χ4n) is 2.19. The fraction of sp³-hybridized carbons (Fsp3) is 0.438. The Balaban J connectivity index is 1.93. The molecule has 1 aromatic rings. The molecule has 1 aromatic carbocycles. The fourth-order valence-corrected chi connectivity index (χ4v) is 2.44. The number of hydrogen-bond acceptors (Lipinski definition) is 4. The molecule has 0 spiro atoms. The van der Waals surface area contributed by atoms with Crippen LogP contribution in [0.25, 0.3) is 0 Å². The number of nitrogens with one attached hydrogen (secondary N) is 1. The second-order valence-electron chi connectivity index (χ2n) is 5.81. The van der Waals surface area contributed by atoms with E-state index in [9.17, 15) is 9.59 Å². The number of halogens is 1. The highest BCUT2D eigenvalue weighted by Gasteiger charge is 2.42. The smallest absolute Gasteiger partial charge is 0.267 e. The Morgan fingerprint density at radius 2 is 2.09 bits per heavy atom. The Kier molecular flexibility index (Phi) is 5.26. The van der Waals surface area contributed by atoms with Gasteiger partial charge in [-0.05, 0) is 13.0 Å². The third-order valence-electron chi connectivity index (χ3n) is 3.65. The normalized spacial score (nSPS) is 19.7. The summed E-state index contributed by atoms with van der Waals surface area (Å²) in [6, 6.07) is 7.29. The lowest BCUT2D eigenvalue weighted by Gasteiger charge is -2.20. The zero-order valence-electron chi connectivity index (χ0n) is 13.4. The van der Waals surface area contributed by atoms with Crippen molar-refractivity contribution in [3.05, 3.63) is 34.9 Å². The van der Waals surface area contributed by atoms with Crippen LogP contribution in [0.4, 0.5) is 0 Å². The summed E-state index contributed by atoms with van der Waals surface area (Å²) in [6.45, 7) is 1.93. The van der Waals surface area contributed by atoms with E-state index in [1.54, 1.807) is 27.1 Å². The highest BCUT2D eigenvalue weighted by Crippen LogP contribution is 2.29. The van der Waals surface area contributed by atoms with Gasteiger partial charge in [-0.2, -0.15) is 0 Å². The predicted octanol–water partition coefficient (Wildman–Crippen LogP) is 1.82. The lowest BCUT2D eigenvalue weighted by Crippen LogP contribution is -2.45. The minimum atomic E-state index is -1.09. The van der Waals surface area contributed by atoms with Crippen molar-refractivity contribution in [3.8, 4) is 0 Å². The van der Waals surface area contributed by atoms with Crippen molar-refractivity contribution in [1.29, 1.82) is 0 Å². The quantitative estimate of drug-likeness (QED) is 0.890. The molecule has 0 radical (unpaired) electrons. The summed E-state index contributed by atoms with van der Waals surface area (Å²) in [5.74, 6) is -0.342. The second-order valence-corrected chi connectivity index (χ2v) is 6.22. The van der Waals surface area contributed by atoms with Crippen LogP contribution >= 0.6 is 11.6 Å². The van der Waals surface area contributed by atoms with Crippen LogP contribution in [-0.4, -0.2) is 48.7 Å². The van der Waals surface area contributed by atoms with Crippen LogP contribution in [0.5, 0.6) is 0 Å². The van der Waals surface area contributed by atoms with E-state index in [1.165, 1.54) is 4.90 Å². The van der Waals surface area contributed by atoms with Crippen molar-refractivity contribution in [3.63, 3.8) is 0 Å². The third kappa shape index (κ3) is 4.01. The van der Waals surface area contributed by atoms with Gasteiger partial charge in [-0.1, -0.05) is 35.0 Å². The van der Waals surface area contributed by atoms with Crippen LogP contribution < -0.4 is 5.32 Å². The predicted molar refractivity (Wildman–Crippen MR) is 88.4 cm³/mol. The standard InChI is InChI=1S/C16H20ClN3O3/c1-16(15(22)18-9-8-14(21)20(2)3)10-13(19-23-16)11-6-4-5-7-12(11)17/h4-7H,8-10H2,1-3H3,(H,18,22)/t16-/m0/s1. The second kappa shape index (κ2) is 7.00. The molecule has 6 nitrogen and oxygen atoms in total. The van der Waals surface area contributed by atoms with Crippen molar-refractivity contribution in [1.82, 2.24) is 10.2 Å². The Hall–Kier alpha value is -2.08. The first-order chi connectivity index (χ1) is 10.8. The molecule has 1 N–H and O–H groups in total. The molecule has 0 bridgehead atoms. The van der Waals surface area contributed by atoms with E-state index in [2.05, 4.69) is 10.5 Å². The van der Waals surface area contributed by atoms with Gasteiger partial charge in [0.1, 0.15) is 0 Å². The summed E-state index contributed by atoms with van der Waals surface area (Å²) >= 11 is 6.15. The number of nitrogens with zero attached hydrogens (tertiary/aromatic N) is 2. The van der Waals surface area contributed by atoms with E-state index >= 15 is 0 Å². The van der Waals surface area contributed by atoms with Crippen molar-refractivity contribution in [2.24, 2.45) is 5.16 Å². The molecule has 0 aromatic heterocycles. The van der Waals surface area contributed by atoms with E-state index in [1.807, 2.05) is 18.2 Å². The van der Waals surface area contributed by atoms with E-state index < -0.39 is 5.60 Å². The Morgan fingerprint density at radius 1 is 1.39 bits per heavy atom. The van der Waals surface area contributed by atoms with Crippen LogP contribution in [-0.2, 0) is 14.4 Å². The van der Waals surface area contributed by atoms with Gasteiger partial charge in [0.05, 0.1) is 5.71 Å². The number of carbonyl (C=O) groups excluding carboxylic acids is 2. The van der Waals surface area contributed by atoms with Gasteiger partial charge >= 0.3 is 0 Å². The summed E-state index contributed by atoms with van der Waals surface area (Å²) < 4.78 is 0. The molecule has 0 fully saturated rings. The van der Waals surface area contributed by atoms with E-state index in [0.29, 0.717) is 17.2 Å². The van der Waals surface area contributed by atoms with E-state index in [0.717, 1.165) is 5.56 Å². The Labute approximate surface area is 140 Å². The summed E-state index contributed by atoms with van der Waals surface area (Å²) in [5.41, 5.74) is 0.307. The molecule has 0 unspecified atom stereocenters. The summed E-state index contributed by atoms with van der Waals surface area (Å²) in [4.78, 5) is 30.7. The summed E-state index contributed by atoms with van der Waals surface area (Å²) in [5, 5.41) is 7.29. The SMILES string of the molecule is CN(C)C(=O)CCNC(=O)[C@]1(C)CC(c2ccccc2Cl)=NO1. The molecule has 7 heteroatoms. The number of carbonyl (C=O) groups is 2. The topological polar surface area (TPSA) is 71.0 Å². The zero-order chi connectivity index (χ0) is 17.0. The van der Waals surface area contributed by atoms with Crippen molar-refractivity contribution < 1.29 is 14.4 Å². The third-order valence-corrected chi connectivity index (χ3v) is 3.98. The van der Waals surface area contributed by atoms with E-state index in [-0.39, 0.29) is 24.8 Å². The number of oxime groups is 1. The average molecular weight is 338 g/mol. The molecule has 1 aliphatic heterocycles. The minimum Gasteiger partial charge on any atom is -0.379 e. The van der Waals surface area contributed by atoms with Crippen molar-refractivity contribution >= 4 is 29.1 Å². The van der Waals surface area contributed by atoms with Crippen LogP contribution in [0.1, 0.15) is 25.3 Å². The maximum atomic E-state index is 12.3. The molecular formula is C16H20ClN3O3. The maximum absolute atomic E-state index is 12.3. The van der Waals surface area contributed by atoms with Gasteiger partial charge in [0.2, 0.25) is 11.5 Å². The molecule has 2 rings (SSSR count). The summed E-state index contributed by atoms with van der Waals surface area (Å²) in [7, 11) is 3.35. The van der Waals surface area contributed by atoms with Crippen LogP contribution in [0.15, 0.2) is 29.4 Å². The van der Waals surface area contributed by atoms with Gasteiger partial charge in [-0.25, -0.2) is 0 Å². The molecule has 0 saturated carbocycles. The molecule has 1 atom stereocenters. The van der Waals surface area contributed by atoms with Gasteiger partial charge < -0.3 is 15.1 Å². The Morgan fingerprint density at radius 3 is 2.74 bits per heavy atom.